The van der Waals surface area contributed by atoms with Crippen LogP contribution in [0.4, 0.5) is 5.82 Å². The number of ether oxygens (including phenoxy) is 1. The standard InChI is InChI=1S/C22H27N5O2/c1-16-8-12-26(13-9-16)20(28)7-10-24-22-21(17-5-3-4-6-18(17)29-2)25-19-15-23-11-14-27(19)22/h3-6,11,14-16,24H,7-10,12-13H2,1-2H3. The molecule has 3 heterocycles. The Morgan fingerprint density at radius 1 is 1.28 bits per heavy atom. The van der Waals surface area contributed by atoms with Crippen LogP contribution in [0.15, 0.2) is 42.9 Å². The fourth-order valence-electron chi connectivity index (χ4n) is 3.81. The number of imidazole rings is 1. The number of carbonyl (C=O) groups is 1. The Hall–Kier alpha value is -3.09. The quantitative estimate of drug-likeness (QED) is 0.694. The molecule has 1 saturated heterocycles. The first-order valence-electron chi connectivity index (χ1n) is 10.1. The van der Waals surface area contributed by atoms with Crippen LogP contribution < -0.4 is 10.1 Å². The number of likely N-dealkylation sites (tertiary alicyclic amines) is 1. The summed E-state index contributed by atoms with van der Waals surface area (Å²) in [5, 5.41) is 3.43. The number of aromatic nitrogens is 3. The first-order chi connectivity index (χ1) is 14.2. The monoisotopic (exact) mass is 393 g/mol. The smallest absolute Gasteiger partial charge is 0.224 e. The van der Waals surface area contributed by atoms with Crippen LogP contribution in [0.1, 0.15) is 26.2 Å². The molecule has 0 atom stereocenters. The van der Waals surface area contributed by atoms with Gasteiger partial charge >= 0.3 is 0 Å². The van der Waals surface area contributed by atoms with E-state index in [2.05, 4.69) is 17.2 Å². The molecule has 0 aliphatic carbocycles. The highest BCUT2D eigenvalue weighted by Gasteiger charge is 2.21. The van der Waals surface area contributed by atoms with Crippen molar-refractivity contribution in [3.63, 3.8) is 0 Å². The third-order valence-electron chi connectivity index (χ3n) is 5.56. The molecular formula is C22H27N5O2. The van der Waals surface area contributed by atoms with Gasteiger partial charge in [-0.05, 0) is 30.9 Å². The van der Waals surface area contributed by atoms with E-state index in [1.807, 2.05) is 39.8 Å². The predicted octanol–water partition coefficient (Wildman–Crippen LogP) is 3.47. The molecule has 2 aromatic heterocycles. The number of fused-ring (bicyclic) bond motifs is 1. The van der Waals surface area contributed by atoms with Crippen LogP contribution in [-0.4, -0.2) is 51.9 Å². The van der Waals surface area contributed by atoms with Crippen molar-refractivity contribution in [2.75, 3.05) is 32.1 Å². The van der Waals surface area contributed by atoms with E-state index in [0.717, 1.165) is 54.4 Å². The number of hydrogen-bond donors (Lipinski definition) is 1. The number of anilines is 1. The van der Waals surface area contributed by atoms with Gasteiger partial charge in [0.1, 0.15) is 17.3 Å². The largest absolute Gasteiger partial charge is 0.496 e. The number of piperidine rings is 1. The Bertz CT molecular complexity index is 992. The molecule has 1 aliphatic heterocycles. The maximum atomic E-state index is 12.6. The van der Waals surface area contributed by atoms with Crippen LogP contribution in [-0.2, 0) is 4.79 Å². The van der Waals surface area contributed by atoms with E-state index in [-0.39, 0.29) is 5.91 Å². The zero-order chi connectivity index (χ0) is 20.2. The summed E-state index contributed by atoms with van der Waals surface area (Å²) < 4.78 is 7.49. The minimum atomic E-state index is 0.207. The number of para-hydroxylation sites is 1. The highest BCUT2D eigenvalue weighted by molar-refractivity contribution is 5.81. The van der Waals surface area contributed by atoms with E-state index in [0.29, 0.717) is 18.9 Å². The maximum Gasteiger partial charge on any atom is 0.224 e. The average Bonchev–Trinajstić information content (AvgIpc) is 3.12. The third kappa shape index (κ3) is 4.04. The molecule has 0 bridgehead atoms. The number of nitrogens with one attached hydrogen (secondary N) is 1. The van der Waals surface area contributed by atoms with E-state index >= 15 is 0 Å². The van der Waals surface area contributed by atoms with Crippen molar-refractivity contribution in [3.05, 3.63) is 42.9 Å². The molecule has 1 aliphatic rings. The lowest BCUT2D eigenvalue weighted by molar-refractivity contribution is -0.132. The van der Waals surface area contributed by atoms with Crippen LogP contribution in [0.3, 0.4) is 0 Å². The summed E-state index contributed by atoms with van der Waals surface area (Å²) >= 11 is 0. The lowest BCUT2D eigenvalue weighted by Gasteiger charge is -2.30. The van der Waals surface area contributed by atoms with Crippen molar-refractivity contribution in [1.82, 2.24) is 19.3 Å². The molecule has 7 heteroatoms. The van der Waals surface area contributed by atoms with Crippen LogP contribution >= 0.6 is 0 Å². The number of benzene rings is 1. The molecule has 7 nitrogen and oxygen atoms in total. The topological polar surface area (TPSA) is 71.8 Å². The van der Waals surface area contributed by atoms with E-state index in [4.69, 9.17) is 9.72 Å². The van der Waals surface area contributed by atoms with Gasteiger partial charge in [0.25, 0.3) is 0 Å². The fraction of sp³-hybridized carbons (Fsp3) is 0.409. The van der Waals surface area contributed by atoms with E-state index in [1.165, 1.54) is 0 Å². The summed E-state index contributed by atoms with van der Waals surface area (Å²) in [6.45, 7) is 4.53. The number of nitrogens with zero attached hydrogens (tertiary/aromatic N) is 4. The van der Waals surface area contributed by atoms with Gasteiger partial charge in [0.05, 0.1) is 13.3 Å². The molecule has 1 amide bonds. The summed E-state index contributed by atoms with van der Waals surface area (Å²) in [7, 11) is 1.65. The minimum absolute atomic E-state index is 0.207. The van der Waals surface area contributed by atoms with Gasteiger partial charge < -0.3 is 15.0 Å². The van der Waals surface area contributed by atoms with Gasteiger partial charge in [0, 0.05) is 44.0 Å². The van der Waals surface area contributed by atoms with Gasteiger partial charge in [0.15, 0.2) is 5.65 Å². The van der Waals surface area contributed by atoms with Crippen molar-refractivity contribution in [2.24, 2.45) is 5.92 Å². The second-order valence-corrected chi connectivity index (χ2v) is 7.55. The van der Waals surface area contributed by atoms with Gasteiger partial charge in [-0.15, -0.1) is 0 Å². The Kier molecular flexibility index (Phi) is 5.64. The predicted molar refractivity (Wildman–Crippen MR) is 113 cm³/mol. The van der Waals surface area contributed by atoms with E-state index in [9.17, 15) is 4.79 Å². The minimum Gasteiger partial charge on any atom is -0.496 e. The second-order valence-electron chi connectivity index (χ2n) is 7.55. The number of rotatable bonds is 6. The molecule has 1 fully saturated rings. The molecule has 152 valence electrons. The Labute approximate surface area is 170 Å². The molecule has 0 saturated carbocycles. The second kappa shape index (κ2) is 8.51. The summed E-state index contributed by atoms with van der Waals surface area (Å²) in [4.78, 5) is 23.5. The fourth-order valence-corrected chi connectivity index (χ4v) is 3.81. The van der Waals surface area contributed by atoms with E-state index < -0.39 is 0 Å². The van der Waals surface area contributed by atoms with Crippen molar-refractivity contribution in [1.29, 1.82) is 0 Å². The molecule has 1 N–H and O–H groups in total. The van der Waals surface area contributed by atoms with Crippen LogP contribution in [0.25, 0.3) is 16.9 Å². The normalized spacial score (nSPS) is 14.9. The average molecular weight is 393 g/mol. The Morgan fingerprint density at radius 2 is 2.07 bits per heavy atom. The van der Waals surface area contributed by atoms with Crippen LogP contribution in [0.2, 0.25) is 0 Å². The summed E-state index contributed by atoms with van der Waals surface area (Å²) in [6.07, 6.45) is 7.97. The molecular weight excluding hydrogens is 366 g/mol. The number of amides is 1. The highest BCUT2D eigenvalue weighted by Crippen LogP contribution is 2.34. The molecule has 1 aromatic carbocycles. The van der Waals surface area contributed by atoms with Gasteiger partial charge in [0.2, 0.25) is 5.91 Å². The molecule has 0 radical (unpaired) electrons. The van der Waals surface area contributed by atoms with Crippen LogP contribution in [0.5, 0.6) is 5.75 Å². The zero-order valence-corrected chi connectivity index (χ0v) is 17.0. The first kappa shape index (κ1) is 19.2. The summed E-state index contributed by atoms with van der Waals surface area (Å²) in [6, 6.07) is 7.80. The van der Waals surface area contributed by atoms with Gasteiger partial charge in [-0.2, -0.15) is 0 Å². The van der Waals surface area contributed by atoms with Gasteiger partial charge in [-0.25, -0.2) is 4.98 Å². The van der Waals surface area contributed by atoms with Gasteiger partial charge in [-0.3, -0.25) is 14.2 Å². The summed E-state index contributed by atoms with van der Waals surface area (Å²) in [5.74, 6) is 2.52. The molecule has 29 heavy (non-hydrogen) atoms. The van der Waals surface area contributed by atoms with Crippen molar-refractivity contribution < 1.29 is 9.53 Å². The summed E-state index contributed by atoms with van der Waals surface area (Å²) in [5.41, 5.74) is 2.43. The highest BCUT2D eigenvalue weighted by atomic mass is 16.5. The maximum absolute atomic E-state index is 12.6. The Morgan fingerprint density at radius 3 is 2.86 bits per heavy atom. The number of carbonyl (C=O) groups excluding carboxylic acids is 1. The van der Waals surface area contributed by atoms with Crippen LogP contribution in [0, 0.1) is 5.92 Å². The third-order valence-corrected chi connectivity index (χ3v) is 5.56. The lowest BCUT2D eigenvalue weighted by Crippen LogP contribution is -2.38. The first-order valence-corrected chi connectivity index (χ1v) is 10.1. The molecule has 0 spiro atoms. The molecule has 3 aromatic rings. The lowest BCUT2D eigenvalue weighted by atomic mass is 9.99. The number of methoxy groups -OCH3 is 1. The molecule has 4 rings (SSSR count). The number of hydrogen-bond acceptors (Lipinski definition) is 5. The SMILES string of the molecule is COc1ccccc1-c1nc2cnccn2c1NCCC(=O)N1CCC(C)CC1. The Balaban J connectivity index is 1.54. The van der Waals surface area contributed by atoms with Gasteiger partial charge in [-0.1, -0.05) is 19.1 Å². The zero-order valence-electron chi connectivity index (χ0n) is 17.0. The van der Waals surface area contributed by atoms with Crippen molar-refractivity contribution in [2.45, 2.75) is 26.2 Å². The van der Waals surface area contributed by atoms with Crippen molar-refractivity contribution >= 4 is 17.4 Å². The van der Waals surface area contributed by atoms with E-state index in [1.54, 1.807) is 19.5 Å². The van der Waals surface area contributed by atoms with Crippen molar-refractivity contribution in [3.8, 4) is 17.0 Å². The molecule has 0 unspecified atom stereocenters.